The quantitative estimate of drug-likeness (QED) is 0.792. The fourth-order valence-electron chi connectivity index (χ4n) is 3.66. The molecule has 3 aromatic rings. The summed E-state index contributed by atoms with van der Waals surface area (Å²) in [4.78, 5) is 29.8. The molecule has 2 heterocycles. The molecule has 0 aliphatic carbocycles. The Balaban J connectivity index is 1.64. The molecule has 0 bridgehead atoms. The molecule has 0 fully saturated rings. The molecule has 1 amide bonds. The number of fused-ring (bicyclic) bond motifs is 2. The minimum absolute atomic E-state index is 0.0114. The molecule has 4 rings (SSSR count). The predicted octanol–water partition coefficient (Wildman–Crippen LogP) is 3.14. The maximum Gasteiger partial charge on any atom is 0.261 e. The molecule has 5 heteroatoms. The van der Waals surface area contributed by atoms with Crippen LogP contribution in [0.15, 0.2) is 47.3 Å². The highest BCUT2D eigenvalue weighted by atomic mass is 16.1. The zero-order valence-corrected chi connectivity index (χ0v) is 15.0. The van der Waals surface area contributed by atoms with Crippen molar-refractivity contribution in [3.8, 4) is 0 Å². The second-order valence-electron chi connectivity index (χ2n) is 6.87. The van der Waals surface area contributed by atoms with Crippen LogP contribution >= 0.6 is 0 Å². The van der Waals surface area contributed by atoms with Gasteiger partial charge in [0.1, 0.15) is 5.82 Å². The first kappa shape index (κ1) is 16.5. The summed E-state index contributed by atoms with van der Waals surface area (Å²) in [6, 6.07) is 13.0. The van der Waals surface area contributed by atoms with Gasteiger partial charge in [-0.2, -0.15) is 0 Å². The molecule has 1 aliphatic rings. The molecular weight excluding hydrogens is 326 g/mol. The van der Waals surface area contributed by atoms with E-state index in [2.05, 4.69) is 10.3 Å². The third kappa shape index (κ3) is 2.79. The van der Waals surface area contributed by atoms with Gasteiger partial charge < -0.3 is 5.32 Å². The van der Waals surface area contributed by atoms with Crippen LogP contribution in [0.5, 0.6) is 0 Å². The lowest BCUT2D eigenvalue weighted by molar-refractivity contribution is 0.0940. The van der Waals surface area contributed by atoms with Crippen LogP contribution < -0.4 is 10.9 Å². The third-order valence-corrected chi connectivity index (χ3v) is 5.08. The van der Waals surface area contributed by atoms with Crippen LogP contribution in [-0.4, -0.2) is 15.5 Å². The molecule has 1 atom stereocenters. The van der Waals surface area contributed by atoms with E-state index in [4.69, 9.17) is 0 Å². The first-order valence-electron chi connectivity index (χ1n) is 8.94. The molecular formula is C21H21N3O2. The van der Waals surface area contributed by atoms with Crippen molar-refractivity contribution in [2.24, 2.45) is 0 Å². The van der Waals surface area contributed by atoms with Gasteiger partial charge in [-0.3, -0.25) is 14.2 Å². The monoisotopic (exact) mass is 347 g/mol. The Kier molecular flexibility index (Phi) is 4.07. The van der Waals surface area contributed by atoms with Crippen molar-refractivity contribution >= 4 is 16.8 Å². The molecule has 5 nitrogen and oxygen atoms in total. The van der Waals surface area contributed by atoms with Crippen molar-refractivity contribution in [1.29, 1.82) is 0 Å². The SMILES string of the molecule is Cc1ccccc1[C@@H](C)NC(=O)c1ccc2c(=O)n3c(nc2c1)CCC3. The van der Waals surface area contributed by atoms with E-state index >= 15 is 0 Å². The van der Waals surface area contributed by atoms with E-state index in [9.17, 15) is 9.59 Å². The fraction of sp³-hybridized carbons (Fsp3) is 0.286. The molecule has 2 aromatic carbocycles. The number of nitrogens with zero attached hydrogens (tertiary/aromatic N) is 2. The van der Waals surface area contributed by atoms with Gasteiger partial charge in [0.2, 0.25) is 0 Å². The zero-order chi connectivity index (χ0) is 18.3. The van der Waals surface area contributed by atoms with Crippen molar-refractivity contribution in [2.45, 2.75) is 39.3 Å². The van der Waals surface area contributed by atoms with Gasteiger partial charge in [-0.15, -0.1) is 0 Å². The highest BCUT2D eigenvalue weighted by Crippen LogP contribution is 2.19. The number of carbonyl (C=O) groups is 1. The summed E-state index contributed by atoms with van der Waals surface area (Å²) in [5.41, 5.74) is 3.34. The van der Waals surface area contributed by atoms with Crippen molar-refractivity contribution in [3.63, 3.8) is 0 Å². The van der Waals surface area contributed by atoms with Crippen LogP contribution in [0.2, 0.25) is 0 Å². The second-order valence-corrected chi connectivity index (χ2v) is 6.87. The standard InChI is InChI=1S/C21H21N3O2/c1-13-6-3-4-7-16(13)14(2)22-20(25)15-9-10-17-18(12-15)23-19-8-5-11-24(19)21(17)26/h3-4,6-7,9-10,12,14H,5,8,11H2,1-2H3,(H,22,25)/t14-/m1/s1. The lowest BCUT2D eigenvalue weighted by Gasteiger charge is -2.16. The first-order chi connectivity index (χ1) is 12.5. The van der Waals surface area contributed by atoms with Gasteiger partial charge in [-0.25, -0.2) is 4.98 Å². The lowest BCUT2D eigenvalue weighted by Crippen LogP contribution is -2.27. The number of amides is 1. The Hall–Kier alpha value is -2.95. The number of rotatable bonds is 3. The molecule has 1 aliphatic heterocycles. The lowest BCUT2D eigenvalue weighted by atomic mass is 10.0. The highest BCUT2D eigenvalue weighted by molar-refractivity contribution is 5.97. The Morgan fingerprint density at radius 2 is 2.04 bits per heavy atom. The fourth-order valence-corrected chi connectivity index (χ4v) is 3.66. The summed E-state index contributed by atoms with van der Waals surface area (Å²) in [5, 5.41) is 3.60. The summed E-state index contributed by atoms with van der Waals surface area (Å²) >= 11 is 0. The van der Waals surface area contributed by atoms with Crippen LogP contribution in [0.25, 0.3) is 10.9 Å². The average Bonchev–Trinajstić information content (AvgIpc) is 3.10. The minimum Gasteiger partial charge on any atom is -0.346 e. The van der Waals surface area contributed by atoms with Gasteiger partial charge in [0, 0.05) is 18.5 Å². The number of nitrogens with one attached hydrogen (secondary N) is 1. The van der Waals surface area contributed by atoms with Gasteiger partial charge >= 0.3 is 0 Å². The van der Waals surface area contributed by atoms with Gasteiger partial charge in [-0.1, -0.05) is 24.3 Å². The maximum absolute atomic E-state index is 12.7. The molecule has 26 heavy (non-hydrogen) atoms. The molecule has 1 N–H and O–H groups in total. The van der Waals surface area contributed by atoms with E-state index in [1.54, 1.807) is 22.8 Å². The number of hydrogen-bond acceptors (Lipinski definition) is 3. The summed E-state index contributed by atoms with van der Waals surface area (Å²) in [7, 11) is 0. The van der Waals surface area contributed by atoms with Gasteiger partial charge in [0.05, 0.1) is 16.9 Å². The smallest absolute Gasteiger partial charge is 0.261 e. The maximum atomic E-state index is 12.7. The molecule has 0 spiro atoms. The number of carbonyl (C=O) groups excluding carboxylic acids is 1. The third-order valence-electron chi connectivity index (χ3n) is 5.08. The molecule has 0 radical (unpaired) electrons. The predicted molar refractivity (Wildman–Crippen MR) is 101 cm³/mol. The summed E-state index contributed by atoms with van der Waals surface area (Å²) in [6.45, 7) is 4.73. The van der Waals surface area contributed by atoms with E-state index in [0.717, 1.165) is 36.3 Å². The highest BCUT2D eigenvalue weighted by Gasteiger charge is 2.18. The van der Waals surface area contributed by atoms with Crippen LogP contribution in [0.4, 0.5) is 0 Å². The van der Waals surface area contributed by atoms with E-state index in [1.807, 2.05) is 38.1 Å². The number of aryl methyl sites for hydroxylation is 2. The van der Waals surface area contributed by atoms with Gasteiger partial charge in [-0.05, 0) is 49.6 Å². The Labute approximate surface area is 151 Å². The van der Waals surface area contributed by atoms with Gasteiger partial charge in [0.25, 0.3) is 11.5 Å². The molecule has 1 aromatic heterocycles. The van der Waals surface area contributed by atoms with E-state index < -0.39 is 0 Å². The Bertz CT molecular complexity index is 1070. The molecule has 0 saturated heterocycles. The van der Waals surface area contributed by atoms with Crippen LogP contribution in [0, 0.1) is 6.92 Å². The first-order valence-corrected chi connectivity index (χ1v) is 8.94. The van der Waals surface area contributed by atoms with E-state index in [-0.39, 0.29) is 17.5 Å². The normalized spacial score (nSPS) is 14.2. The molecule has 0 saturated carbocycles. The molecule has 0 unspecified atom stereocenters. The van der Waals surface area contributed by atoms with E-state index in [0.29, 0.717) is 16.5 Å². The van der Waals surface area contributed by atoms with Crippen LogP contribution in [0.1, 0.15) is 46.7 Å². The summed E-state index contributed by atoms with van der Waals surface area (Å²) < 4.78 is 1.74. The van der Waals surface area contributed by atoms with Crippen molar-refractivity contribution in [3.05, 3.63) is 75.3 Å². The molecule has 132 valence electrons. The number of aromatic nitrogens is 2. The average molecular weight is 347 g/mol. The van der Waals surface area contributed by atoms with Crippen molar-refractivity contribution < 1.29 is 4.79 Å². The summed E-state index contributed by atoms with van der Waals surface area (Å²) in [5.74, 6) is 0.651. The van der Waals surface area contributed by atoms with Crippen LogP contribution in [-0.2, 0) is 13.0 Å². The number of hydrogen-bond donors (Lipinski definition) is 1. The Morgan fingerprint density at radius 1 is 1.23 bits per heavy atom. The van der Waals surface area contributed by atoms with E-state index in [1.165, 1.54) is 0 Å². The Morgan fingerprint density at radius 3 is 2.85 bits per heavy atom. The minimum atomic E-state index is -0.162. The largest absolute Gasteiger partial charge is 0.346 e. The summed E-state index contributed by atoms with van der Waals surface area (Å²) in [6.07, 6.45) is 1.76. The van der Waals surface area contributed by atoms with Crippen molar-refractivity contribution in [2.75, 3.05) is 0 Å². The van der Waals surface area contributed by atoms with Crippen LogP contribution in [0.3, 0.4) is 0 Å². The number of benzene rings is 2. The zero-order valence-electron chi connectivity index (χ0n) is 15.0. The second kappa shape index (κ2) is 6.41. The van der Waals surface area contributed by atoms with Gasteiger partial charge in [0.15, 0.2) is 0 Å². The topological polar surface area (TPSA) is 64.0 Å². The van der Waals surface area contributed by atoms with Crippen molar-refractivity contribution in [1.82, 2.24) is 14.9 Å².